The molecule has 0 aliphatic carbocycles. The van der Waals surface area contributed by atoms with Crippen LogP contribution in [0.15, 0.2) is 90.1 Å². The third-order valence-corrected chi connectivity index (χ3v) is 6.05. The molecule has 0 bridgehead atoms. The van der Waals surface area contributed by atoms with E-state index in [2.05, 4.69) is 4.72 Å². The number of para-hydroxylation sites is 2. The number of carboxylic acid groups (broad SMARTS) is 1. The molecule has 1 heterocycles. The number of benzene rings is 3. The summed E-state index contributed by atoms with van der Waals surface area (Å²) in [7, 11) is 3.88. The highest BCUT2D eigenvalue weighted by atomic mass is 32.2. The average molecular weight is 446 g/mol. The van der Waals surface area contributed by atoms with Gasteiger partial charge in [-0.2, -0.15) is 0 Å². The van der Waals surface area contributed by atoms with Crippen LogP contribution in [0.5, 0.6) is 0 Å². The molecule has 3 aromatic rings. The molecule has 0 radical (unpaired) electrons. The van der Waals surface area contributed by atoms with E-state index in [9.17, 15) is 14.7 Å². The van der Waals surface area contributed by atoms with Crippen molar-refractivity contribution in [3.63, 3.8) is 0 Å². The first-order valence-electron chi connectivity index (χ1n) is 10.1. The number of hydrogen-bond donors (Lipinski definition) is 2. The van der Waals surface area contributed by atoms with Gasteiger partial charge >= 0.3 is 5.97 Å². The molecule has 1 aliphatic heterocycles. The smallest absolute Gasteiger partial charge is 0.353 e. The van der Waals surface area contributed by atoms with Gasteiger partial charge in [0, 0.05) is 37.3 Å². The molecule has 1 aliphatic rings. The number of nitrogens with zero attached hydrogens (tertiary/aromatic N) is 2. The summed E-state index contributed by atoms with van der Waals surface area (Å²) >= 11 is 1.15. The van der Waals surface area contributed by atoms with Gasteiger partial charge in [-0.3, -0.25) is 9.10 Å². The Bertz CT molecular complexity index is 1190. The third-order valence-electron chi connectivity index (χ3n) is 5.18. The lowest BCUT2D eigenvalue weighted by molar-refractivity contribution is -0.132. The van der Waals surface area contributed by atoms with Gasteiger partial charge in [0.05, 0.1) is 23.5 Å². The van der Waals surface area contributed by atoms with Crippen molar-refractivity contribution < 1.29 is 14.7 Å². The van der Waals surface area contributed by atoms with Gasteiger partial charge in [-0.05, 0) is 29.8 Å². The van der Waals surface area contributed by atoms with E-state index in [-0.39, 0.29) is 23.5 Å². The quantitative estimate of drug-likeness (QED) is 0.301. The summed E-state index contributed by atoms with van der Waals surface area (Å²) in [5, 5.41) is 10.2. The minimum absolute atomic E-state index is 0.0449. The standard InChI is InChI=1S/C25H23N3O3S/c1-27(2)19-12-8-9-17(15-19)16-20(24(29)18-10-4-3-5-11-18)23(25(30)31)28-22-14-7-6-13-21(22)26-32-28/h3-15,26H,16H2,1-2H3,(H,30,31). The van der Waals surface area contributed by atoms with E-state index in [1.807, 2.05) is 73.6 Å². The van der Waals surface area contributed by atoms with Gasteiger partial charge in [0.1, 0.15) is 5.70 Å². The van der Waals surface area contributed by atoms with Crippen LogP contribution in [0.4, 0.5) is 17.1 Å². The second-order valence-corrected chi connectivity index (χ2v) is 8.33. The molecule has 7 heteroatoms. The number of carbonyl (C=O) groups is 2. The van der Waals surface area contributed by atoms with Crippen molar-refractivity contribution in [2.24, 2.45) is 0 Å². The average Bonchev–Trinajstić information content (AvgIpc) is 3.22. The zero-order valence-corrected chi connectivity index (χ0v) is 18.6. The Kier molecular flexibility index (Phi) is 6.18. The van der Waals surface area contributed by atoms with E-state index >= 15 is 0 Å². The van der Waals surface area contributed by atoms with Crippen molar-refractivity contribution >= 4 is 40.9 Å². The molecule has 6 nitrogen and oxygen atoms in total. The molecule has 32 heavy (non-hydrogen) atoms. The molecular weight excluding hydrogens is 422 g/mol. The predicted octanol–water partition coefficient (Wildman–Crippen LogP) is 5.01. The fraction of sp³-hybridized carbons (Fsp3) is 0.120. The van der Waals surface area contributed by atoms with Crippen LogP contribution in [0.25, 0.3) is 0 Å². The number of ketones is 1. The molecule has 2 N–H and O–H groups in total. The normalized spacial score (nSPS) is 13.1. The minimum Gasteiger partial charge on any atom is -0.477 e. The summed E-state index contributed by atoms with van der Waals surface area (Å²) in [6.45, 7) is 0. The van der Waals surface area contributed by atoms with Gasteiger partial charge in [0.15, 0.2) is 5.78 Å². The van der Waals surface area contributed by atoms with Crippen molar-refractivity contribution in [3.8, 4) is 0 Å². The number of allylic oxidation sites excluding steroid dienone is 1. The largest absolute Gasteiger partial charge is 0.477 e. The van der Waals surface area contributed by atoms with E-state index in [4.69, 9.17) is 0 Å². The van der Waals surface area contributed by atoms with Crippen molar-refractivity contribution in [1.82, 2.24) is 0 Å². The lowest BCUT2D eigenvalue weighted by atomic mass is 9.94. The third kappa shape index (κ3) is 4.33. The maximum atomic E-state index is 13.6. The lowest BCUT2D eigenvalue weighted by Crippen LogP contribution is -2.25. The lowest BCUT2D eigenvalue weighted by Gasteiger charge is -2.21. The number of fused-ring (bicyclic) bond motifs is 1. The van der Waals surface area contributed by atoms with E-state index in [0.717, 1.165) is 29.1 Å². The van der Waals surface area contributed by atoms with E-state index in [0.29, 0.717) is 11.3 Å². The number of carboxylic acids is 1. The first-order valence-corrected chi connectivity index (χ1v) is 10.9. The Labute approximate surface area is 191 Å². The molecule has 0 atom stereocenters. The highest BCUT2D eigenvalue weighted by Crippen LogP contribution is 2.42. The van der Waals surface area contributed by atoms with Crippen LogP contribution in [-0.4, -0.2) is 31.0 Å². The fourth-order valence-corrected chi connectivity index (χ4v) is 4.47. The monoisotopic (exact) mass is 445 g/mol. The topological polar surface area (TPSA) is 72.9 Å². The Morgan fingerprint density at radius 2 is 1.69 bits per heavy atom. The first-order chi connectivity index (χ1) is 15.5. The molecule has 162 valence electrons. The summed E-state index contributed by atoms with van der Waals surface area (Å²) < 4.78 is 4.72. The number of aliphatic carboxylic acids is 1. The van der Waals surface area contributed by atoms with E-state index < -0.39 is 5.97 Å². The SMILES string of the molecule is CN(C)c1cccc(CC(C(=O)c2ccccc2)=C(C(=O)O)N2SNc3ccccc32)c1. The Balaban J connectivity index is 1.87. The number of nitrogens with one attached hydrogen (secondary N) is 1. The zero-order valence-electron chi connectivity index (χ0n) is 17.8. The van der Waals surface area contributed by atoms with Crippen molar-refractivity contribution in [1.29, 1.82) is 0 Å². The fourth-order valence-electron chi connectivity index (χ4n) is 3.57. The van der Waals surface area contributed by atoms with Crippen LogP contribution in [0.2, 0.25) is 0 Å². The molecule has 0 spiro atoms. The number of anilines is 3. The molecule has 0 saturated carbocycles. The summed E-state index contributed by atoms with van der Waals surface area (Å²) in [4.78, 5) is 28.1. The molecule has 0 saturated heterocycles. The molecular formula is C25H23N3O3S. The van der Waals surface area contributed by atoms with Crippen molar-refractivity contribution in [2.75, 3.05) is 28.0 Å². The Hall–Kier alpha value is -3.71. The molecule has 0 fully saturated rings. The van der Waals surface area contributed by atoms with E-state index in [1.54, 1.807) is 28.6 Å². The van der Waals surface area contributed by atoms with Gasteiger partial charge in [-0.25, -0.2) is 4.79 Å². The predicted molar refractivity (Wildman–Crippen MR) is 130 cm³/mol. The minimum atomic E-state index is -1.15. The summed E-state index contributed by atoms with van der Waals surface area (Å²) in [6, 6.07) is 24.0. The highest BCUT2D eigenvalue weighted by Gasteiger charge is 2.32. The second kappa shape index (κ2) is 9.20. The molecule has 0 aromatic heterocycles. The van der Waals surface area contributed by atoms with Gasteiger partial charge in [-0.15, -0.1) is 0 Å². The highest BCUT2D eigenvalue weighted by molar-refractivity contribution is 8.02. The maximum Gasteiger partial charge on any atom is 0.353 e. The Morgan fingerprint density at radius 3 is 2.41 bits per heavy atom. The number of Topliss-reactive ketones (excluding diaryl/α,β-unsaturated/α-hetero) is 1. The van der Waals surface area contributed by atoms with Gasteiger partial charge in [-0.1, -0.05) is 54.6 Å². The zero-order chi connectivity index (χ0) is 22.7. The van der Waals surface area contributed by atoms with E-state index in [1.165, 1.54) is 0 Å². The second-order valence-electron chi connectivity index (χ2n) is 7.57. The van der Waals surface area contributed by atoms with Gasteiger partial charge < -0.3 is 14.7 Å². The summed E-state index contributed by atoms with van der Waals surface area (Å²) in [5.41, 5.74) is 3.98. The van der Waals surface area contributed by atoms with Crippen LogP contribution in [0, 0.1) is 0 Å². The summed E-state index contributed by atoms with van der Waals surface area (Å²) in [5.74, 6) is -1.46. The molecule has 4 rings (SSSR count). The number of hydrogen-bond acceptors (Lipinski definition) is 6. The summed E-state index contributed by atoms with van der Waals surface area (Å²) in [6.07, 6.45) is 0.191. The Morgan fingerprint density at radius 1 is 0.969 bits per heavy atom. The first kappa shape index (κ1) is 21.5. The van der Waals surface area contributed by atoms with Crippen molar-refractivity contribution in [2.45, 2.75) is 6.42 Å². The van der Waals surface area contributed by atoms with Crippen LogP contribution in [-0.2, 0) is 11.2 Å². The number of rotatable bonds is 7. The molecule has 0 amide bonds. The van der Waals surface area contributed by atoms with Crippen LogP contribution >= 0.6 is 12.1 Å². The van der Waals surface area contributed by atoms with Crippen molar-refractivity contribution in [3.05, 3.63) is 101 Å². The van der Waals surface area contributed by atoms with Gasteiger partial charge in [0.25, 0.3) is 0 Å². The maximum absolute atomic E-state index is 13.6. The molecule has 0 unspecified atom stereocenters. The van der Waals surface area contributed by atoms with Crippen LogP contribution < -0.4 is 13.9 Å². The van der Waals surface area contributed by atoms with Crippen LogP contribution in [0.1, 0.15) is 15.9 Å². The number of carbonyl (C=O) groups excluding carboxylic acids is 1. The molecule has 3 aromatic carbocycles. The van der Waals surface area contributed by atoms with Gasteiger partial charge in [0.2, 0.25) is 0 Å². The van der Waals surface area contributed by atoms with Crippen LogP contribution in [0.3, 0.4) is 0 Å².